The lowest BCUT2D eigenvalue weighted by Gasteiger charge is -2.12. The standard InChI is InChI=1S/C21H21BrN4O2/c1-14(20-24-13-18(26-20)15-5-3-2-4-6-15)25-19(27)11-12-23-21(28)16-7-9-17(22)10-8-16/h2-10,13-14H,11-12H2,1H3,(H,23,28)(H,24,26)(H,25,27). The normalized spacial score (nSPS) is 11.6. The van der Waals surface area contributed by atoms with E-state index in [1.807, 2.05) is 37.3 Å². The third-order valence-corrected chi connectivity index (χ3v) is 4.74. The van der Waals surface area contributed by atoms with Crippen LogP contribution >= 0.6 is 15.9 Å². The van der Waals surface area contributed by atoms with Crippen molar-refractivity contribution in [1.29, 1.82) is 0 Å². The molecule has 0 radical (unpaired) electrons. The van der Waals surface area contributed by atoms with E-state index >= 15 is 0 Å². The number of benzene rings is 2. The lowest BCUT2D eigenvalue weighted by molar-refractivity contribution is -0.121. The highest BCUT2D eigenvalue weighted by molar-refractivity contribution is 9.10. The summed E-state index contributed by atoms with van der Waals surface area (Å²) in [6, 6.07) is 16.7. The molecule has 3 N–H and O–H groups in total. The van der Waals surface area contributed by atoms with Crippen LogP contribution in [0.5, 0.6) is 0 Å². The van der Waals surface area contributed by atoms with Crippen molar-refractivity contribution in [2.45, 2.75) is 19.4 Å². The van der Waals surface area contributed by atoms with Gasteiger partial charge in [0.05, 0.1) is 17.9 Å². The van der Waals surface area contributed by atoms with Crippen LogP contribution in [0.2, 0.25) is 0 Å². The molecular formula is C21H21BrN4O2. The maximum atomic E-state index is 12.2. The first-order valence-corrected chi connectivity index (χ1v) is 9.75. The number of H-pyrrole nitrogens is 1. The van der Waals surface area contributed by atoms with Gasteiger partial charge in [0.15, 0.2) is 0 Å². The fourth-order valence-electron chi connectivity index (χ4n) is 2.70. The fraction of sp³-hybridized carbons (Fsp3) is 0.190. The molecule has 0 aliphatic rings. The van der Waals surface area contributed by atoms with Crippen LogP contribution in [0.25, 0.3) is 11.3 Å². The number of hydrogen-bond acceptors (Lipinski definition) is 3. The minimum Gasteiger partial charge on any atom is -0.352 e. The quantitative estimate of drug-likeness (QED) is 0.521. The van der Waals surface area contributed by atoms with Gasteiger partial charge in [-0.25, -0.2) is 4.98 Å². The Morgan fingerprint density at radius 1 is 1.11 bits per heavy atom. The Balaban J connectivity index is 1.46. The summed E-state index contributed by atoms with van der Waals surface area (Å²) in [5.74, 6) is 0.333. The number of imidazole rings is 1. The zero-order chi connectivity index (χ0) is 19.9. The van der Waals surface area contributed by atoms with Gasteiger partial charge >= 0.3 is 0 Å². The minimum absolute atomic E-state index is 0.152. The SMILES string of the molecule is CC(NC(=O)CCNC(=O)c1ccc(Br)cc1)c1ncc(-c2ccccc2)[nH]1. The lowest BCUT2D eigenvalue weighted by Crippen LogP contribution is -2.32. The fourth-order valence-corrected chi connectivity index (χ4v) is 2.96. The molecule has 144 valence electrons. The zero-order valence-corrected chi connectivity index (χ0v) is 17.0. The molecule has 2 amide bonds. The van der Waals surface area contributed by atoms with Crippen molar-refractivity contribution in [3.63, 3.8) is 0 Å². The molecule has 1 unspecified atom stereocenters. The number of aromatic nitrogens is 2. The minimum atomic E-state index is -0.257. The average Bonchev–Trinajstić information content (AvgIpc) is 3.19. The molecule has 1 aromatic heterocycles. The molecular weight excluding hydrogens is 420 g/mol. The predicted molar refractivity (Wildman–Crippen MR) is 112 cm³/mol. The van der Waals surface area contributed by atoms with E-state index in [1.165, 1.54) is 0 Å². The van der Waals surface area contributed by atoms with Crippen molar-refractivity contribution >= 4 is 27.7 Å². The summed E-state index contributed by atoms with van der Waals surface area (Å²) >= 11 is 3.33. The van der Waals surface area contributed by atoms with Crippen LogP contribution in [0.1, 0.15) is 35.6 Å². The predicted octanol–water partition coefficient (Wildman–Crippen LogP) is 3.84. The molecule has 0 bridgehead atoms. The highest BCUT2D eigenvalue weighted by atomic mass is 79.9. The Labute approximate surface area is 171 Å². The van der Waals surface area contributed by atoms with Crippen molar-refractivity contribution in [3.05, 3.63) is 76.7 Å². The number of nitrogens with zero attached hydrogens (tertiary/aromatic N) is 1. The van der Waals surface area contributed by atoms with E-state index in [0.717, 1.165) is 15.7 Å². The van der Waals surface area contributed by atoms with Crippen molar-refractivity contribution in [2.75, 3.05) is 6.54 Å². The van der Waals surface area contributed by atoms with Crippen molar-refractivity contribution in [1.82, 2.24) is 20.6 Å². The maximum absolute atomic E-state index is 12.2. The number of amides is 2. The molecule has 0 spiro atoms. The van der Waals surface area contributed by atoms with Crippen LogP contribution < -0.4 is 10.6 Å². The monoisotopic (exact) mass is 440 g/mol. The summed E-state index contributed by atoms with van der Waals surface area (Å²) in [6.45, 7) is 2.13. The van der Waals surface area contributed by atoms with Gasteiger partial charge in [-0.1, -0.05) is 46.3 Å². The number of halogens is 1. The Bertz CT molecular complexity index is 939. The van der Waals surface area contributed by atoms with E-state index < -0.39 is 0 Å². The van der Waals surface area contributed by atoms with Gasteiger partial charge in [-0.2, -0.15) is 0 Å². The summed E-state index contributed by atoms with van der Waals surface area (Å²) in [6.07, 6.45) is 1.95. The first kappa shape index (κ1) is 19.8. The van der Waals surface area contributed by atoms with Crippen molar-refractivity contribution in [3.8, 4) is 11.3 Å². The van der Waals surface area contributed by atoms with Crippen LogP contribution in [0.3, 0.4) is 0 Å². The molecule has 7 heteroatoms. The van der Waals surface area contributed by atoms with Gasteiger partial charge in [-0.15, -0.1) is 0 Å². The second-order valence-electron chi connectivity index (χ2n) is 6.35. The highest BCUT2D eigenvalue weighted by Gasteiger charge is 2.14. The molecule has 28 heavy (non-hydrogen) atoms. The number of aromatic amines is 1. The molecule has 6 nitrogen and oxygen atoms in total. The first-order valence-electron chi connectivity index (χ1n) is 8.96. The van der Waals surface area contributed by atoms with Crippen LogP contribution in [0.4, 0.5) is 0 Å². The van der Waals surface area contributed by atoms with Crippen molar-refractivity contribution in [2.24, 2.45) is 0 Å². The van der Waals surface area contributed by atoms with Gasteiger partial charge < -0.3 is 15.6 Å². The van der Waals surface area contributed by atoms with E-state index in [4.69, 9.17) is 0 Å². The van der Waals surface area contributed by atoms with Crippen LogP contribution in [0, 0.1) is 0 Å². The number of carbonyl (C=O) groups is 2. The Kier molecular flexibility index (Phi) is 6.60. The molecule has 0 saturated carbocycles. The zero-order valence-electron chi connectivity index (χ0n) is 15.4. The molecule has 1 heterocycles. The van der Waals surface area contributed by atoms with Crippen molar-refractivity contribution < 1.29 is 9.59 Å². The smallest absolute Gasteiger partial charge is 0.251 e. The molecule has 2 aromatic carbocycles. The molecule has 3 rings (SSSR count). The van der Waals surface area contributed by atoms with Gasteiger partial charge in [0.25, 0.3) is 5.91 Å². The van der Waals surface area contributed by atoms with Gasteiger partial charge in [-0.3, -0.25) is 9.59 Å². The Hall–Kier alpha value is -2.93. The largest absolute Gasteiger partial charge is 0.352 e. The number of carbonyl (C=O) groups excluding carboxylic acids is 2. The summed E-state index contributed by atoms with van der Waals surface area (Å²) in [7, 11) is 0. The molecule has 0 aliphatic carbocycles. The summed E-state index contributed by atoms with van der Waals surface area (Å²) in [4.78, 5) is 31.8. The number of hydrogen-bond donors (Lipinski definition) is 3. The lowest BCUT2D eigenvalue weighted by atomic mass is 10.2. The molecule has 3 aromatic rings. The summed E-state index contributed by atoms with van der Waals surface area (Å²) in [5.41, 5.74) is 2.50. The Morgan fingerprint density at radius 3 is 2.54 bits per heavy atom. The average molecular weight is 441 g/mol. The number of nitrogens with one attached hydrogen (secondary N) is 3. The molecule has 0 fully saturated rings. The molecule has 1 atom stereocenters. The maximum Gasteiger partial charge on any atom is 0.251 e. The topological polar surface area (TPSA) is 86.9 Å². The second-order valence-corrected chi connectivity index (χ2v) is 7.27. The summed E-state index contributed by atoms with van der Waals surface area (Å²) < 4.78 is 0.908. The van der Waals surface area contributed by atoms with Crippen LogP contribution in [0.15, 0.2) is 65.3 Å². The highest BCUT2D eigenvalue weighted by Crippen LogP contribution is 2.18. The van der Waals surface area contributed by atoms with E-state index in [0.29, 0.717) is 11.4 Å². The van der Waals surface area contributed by atoms with E-state index in [1.54, 1.807) is 30.5 Å². The van der Waals surface area contributed by atoms with E-state index in [2.05, 4.69) is 36.5 Å². The van der Waals surface area contributed by atoms with E-state index in [9.17, 15) is 9.59 Å². The van der Waals surface area contributed by atoms with Crippen LogP contribution in [-0.4, -0.2) is 28.3 Å². The van der Waals surface area contributed by atoms with E-state index in [-0.39, 0.29) is 30.8 Å². The first-order chi connectivity index (χ1) is 13.5. The van der Waals surface area contributed by atoms with Gasteiger partial charge in [0, 0.05) is 23.0 Å². The van der Waals surface area contributed by atoms with Gasteiger partial charge in [0.2, 0.25) is 5.91 Å². The number of rotatable bonds is 7. The summed E-state index contributed by atoms with van der Waals surface area (Å²) in [5, 5.41) is 5.64. The van der Waals surface area contributed by atoms with Gasteiger partial charge in [0.1, 0.15) is 5.82 Å². The second kappa shape index (κ2) is 9.32. The van der Waals surface area contributed by atoms with Crippen LogP contribution in [-0.2, 0) is 4.79 Å². The molecule has 0 saturated heterocycles. The Morgan fingerprint density at radius 2 is 1.82 bits per heavy atom. The third-order valence-electron chi connectivity index (χ3n) is 4.21. The van der Waals surface area contributed by atoms with Gasteiger partial charge in [-0.05, 0) is 36.8 Å². The third kappa shape index (κ3) is 5.29. The molecule has 0 aliphatic heterocycles.